The minimum atomic E-state index is -0.300. The van der Waals surface area contributed by atoms with Gasteiger partial charge in [0.05, 0.1) is 20.6 Å². The van der Waals surface area contributed by atoms with E-state index in [9.17, 15) is 4.79 Å². The molecular formula is C9H11NO3. The molecule has 0 atom stereocenters. The second-order valence-corrected chi connectivity index (χ2v) is 2.42. The second-order valence-electron chi connectivity index (χ2n) is 2.42. The van der Waals surface area contributed by atoms with Crippen LogP contribution in [0.1, 0.15) is 5.56 Å². The van der Waals surface area contributed by atoms with Crippen molar-refractivity contribution in [2.75, 3.05) is 14.2 Å². The van der Waals surface area contributed by atoms with Gasteiger partial charge in [-0.2, -0.15) is 0 Å². The van der Waals surface area contributed by atoms with E-state index >= 15 is 0 Å². The maximum atomic E-state index is 10.9. The van der Waals surface area contributed by atoms with Crippen LogP contribution in [0.25, 0.3) is 0 Å². The summed E-state index contributed by atoms with van der Waals surface area (Å²) in [4.78, 5) is 14.9. The van der Waals surface area contributed by atoms with E-state index in [1.165, 1.54) is 14.2 Å². The number of carbonyl (C=O) groups is 1. The fourth-order valence-electron chi connectivity index (χ4n) is 0.970. The lowest BCUT2D eigenvalue weighted by Crippen LogP contribution is -2.06. The van der Waals surface area contributed by atoms with E-state index in [1.807, 2.05) is 0 Å². The normalized spacial score (nSPS) is 9.38. The minimum Gasteiger partial charge on any atom is -0.481 e. The molecule has 0 aromatic carbocycles. The van der Waals surface area contributed by atoms with Crippen LogP contribution in [0.4, 0.5) is 0 Å². The lowest BCUT2D eigenvalue weighted by atomic mass is 10.2. The smallest absolute Gasteiger partial charge is 0.310 e. The molecule has 0 aliphatic rings. The number of hydrogen-bond acceptors (Lipinski definition) is 4. The monoisotopic (exact) mass is 181 g/mol. The van der Waals surface area contributed by atoms with Gasteiger partial charge < -0.3 is 9.47 Å². The highest BCUT2D eigenvalue weighted by molar-refractivity contribution is 5.73. The number of rotatable bonds is 3. The first kappa shape index (κ1) is 9.51. The molecule has 0 amide bonds. The first-order chi connectivity index (χ1) is 6.27. The molecule has 0 saturated carbocycles. The Bertz CT molecular complexity index is 299. The van der Waals surface area contributed by atoms with Gasteiger partial charge in [-0.15, -0.1) is 0 Å². The van der Waals surface area contributed by atoms with Gasteiger partial charge in [-0.25, -0.2) is 4.98 Å². The molecule has 1 aromatic rings. The van der Waals surface area contributed by atoms with E-state index in [0.717, 1.165) is 5.56 Å². The molecule has 0 aliphatic heterocycles. The van der Waals surface area contributed by atoms with Crippen molar-refractivity contribution in [3.8, 4) is 5.88 Å². The van der Waals surface area contributed by atoms with E-state index < -0.39 is 0 Å². The van der Waals surface area contributed by atoms with E-state index in [-0.39, 0.29) is 12.4 Å². The minimum absolute atomic E-state index is 0.188. The number of esters is 1. The molecular weight excluding hydrogens is 170 g/mol. The average molecular weight is 181 g/mol. The fraction of sp³-hybridized carbons (Fsp3) is 0.333. The third-order valence-electron chi connectivity index (χ3n) is 1.61. The SMILES string of the molecule is COC(=O)Cc1cccnc1OC. The Kier molecular flexibility index (Phi) is 3.25. The van der Waals surface area contributed by atoms with Crippen LogP contribution in [0.3, 0.4) is 0 Å². The Balaban J connectivity index is 2.81. The maximum absolute atomic E-state index is 10.9. The lowest BCUT2D eigenvalue weighted by Gasteiger charge is -2.04. The van der Waals surface area contributed by atoms with Crippen molar-refractivity contribution in [3.63, 3.8) is 0 Å². The summed E-state index contributed by atoms with van der Waals surface area (Å²) in [5, 5.41) is 0. The molecule has 0 bridgehead atoms. The third-order valence-corrected chi connectivity index (χ3v) is 1.61. The van der Waals surface area contributed by atoms with Crippen LogP contribution in [0.2, 0.25) is 0 Å². The zero-order valence-corrected chi connectivity index (χ0v) is 7.61. The summed E-state index contributed by atoms with van der Waals surface area (Å²) in [6.45, 7) is 0. The van der Waals surface area contributed by atoms with Gasteiger partial charge in [-0.05, 0) is 6.07 Å². The zero-order chi connectivity index (χ0) is 9.68. The molecule has 0 aliphatic carbocycles. The molecule has 1 aromatic heterocycles. The fourth-order valence-corrected chi connectivity index (χ4v) is 0.970. The predicted octanol–water partition coefficient (Wildman–Crippen LogP) is 0.806. The van der Waals surface area contributed by atoms with E-state index in [4.69, 9.17) is 4.74 Å². The Hall–Kier alpha value is -1.58. The van der Waals surface area contributed by atoms with Gasteiger partial charge in [0.15, 0.2) is 0 Å². The standard InChI is InChI=1S/C9H11NO3/c1-12-8(11)6-7-4-3-5-10-9(7)13-2/h3-5H,6H2,1-2H3. The van der Waals surface area contributed by atoms with Gasteiger partial charge in [-0.1, -0.05) is 6.07 Å². The number of ether oxygens (including phenoxy) is 2. The van der Waals surface area contributed by atoms with Gasteiger partial charge >= 0.3 is 5.97 Å². The van der Waals surface area contributed by atoms with Crippen molar-refractivity contribution in [1.29, 1.82) is 0 Å². The first-order valence-corrected chi connectivity index (χ1v) is 3.82. The number of aromatic nitrogens is 1. The molecule has 1 heterocycles. The lowest BCUT2D eigenvalue weighted by molar-refractivity contribution is -0.139. The Morgan fingerprint density at radius 3 is 2.92 bits per heavy atom. The number of pyridine rings is 1. The Morgan fingerprint density at radius 2 is 2.31 bits per heavy atom. The summed E-state index contributed by atoms with van der Waals surface area (Å²) in [6, 6.07) is 3.53. The van der Waals surface area contributed by atoms with E-state index in [0.29, 0.717) is 5.88 Å². The molecule has 70 valence electrons. The molecule has 4 nitrogen and oxygen atoms in total. The summed E-state index contributed by atoms with van der Waals surface area (Å²) in [6.07, 6.45) is 1.80. The van der Waals surface area contributed by atoms with Crippen molar-refractivity contribution < 1.29 is 14.3 Å². The van der Waals surface area contributed by atoms with Crippen molar-refractivity contribution in [2.45, 2.75) is 6.42 Å². The summed E-state index contributed by atoms with van der Waals surface area (Å²) in [5.41, 5.74) is 0.733. The highest BCUT2D eigenvalue weighted by Crippen LogP contribution is 2.14. The Morgan fingerprint density at radius 1 is 1.54 bits per heavy atom. The van der Waals surface area contributed by atoms with Crippen LogP contribution in [-0.2, 0) is 16.0 Å². The molecule has 0 fully saturated rings. The van der Waals surface area contributed by atoms with Crippen molar-refractivity contribution in [1.82, 2.24) is 4.98 Å². The van der Waals surface area contributed by atoms with Crippen LogP contribution in [0.5, 0.6) is 5.88 Å². The largest absolute Gasteiger partial charge is 0.481 e. The number of hydrogen-bond donors (Lipinski definition) is 0. The topological polar surface area (TPSA) is 48.4 Å². The number of nitrogens with zero attached hydrogens (tertiary/aromatic N) is 1. The highest BCUT2D eigenvalue weighted by Gasteiger charge is 2.08. The van der Waals surface area contributed by atoms with Gasteiger partial charge in [0.25, 0.3) is 0 Å². The molecule has 4 heteroatoms. The van der Waals surface area contributed by atoms with E-state index in [2.05, 4.69) is 9.72 Å². The first-order valence-electron chi connectivity index (χ1n) is 3.82. The van der Waals surface area contributed by atoms with Crippen LogP contribution in [0, 0.1) is 0 Å². The van der Waals surface area contributed by atoms with E-state index in [1.54, 1.807) is 18.3 Å². The molecule has 0 N–H and O–H groups in total. The molecule has 0 unspecified atom stereocenters. The Labute approximate surface area is 76.5 Å². The van der Waals surface area contributed by atoms with Gasteiger partial charge in [-0.3, -0.25) is 4.79 Å². The van der Waals surface area contributed by atoms with Gasteiger partial charge in [0, 0.05) is 11.8 Å². The number of carbonyl (C=O) groups excluding carboxylic acids is 1. The van der Waals surface area contributed by atoms with Crippen molar-refractivity contribution >= 4 is 5.97 Å². The van der Waals surface area contributed by atoms with Crippen molar-refractivity contribution in [3.05, 3.63) is 23.9 Å². The van der Waals surface area contributed by atoms with Crippen LogP contribution < -0.4 is 4.74 Å². The molecule has 0 radical (unpaired) electrons. The van der Waals surface area contributed by atoms with Crippen molar-refractivity contribution in [2.24, 2.45) is 0 Å². The molecule has 0 spiro atoms. The van der Waals surface area contributed by atoms with Crippen LogP contribution in [0.15, 0.2) is 18.3 Å². The molecule has 0 saturated heterocycles. The molecule has 13 heavy (non-hydrogen) atoms. The van der Waals surface area contributed by atoms with Gasteiger partial charge in [0.1, 0.15) is 0 Å². The highest BCUT2D eigenvalue weighted by atomic mass is 16.5. The summed E-state index contributed by atoms with van der Waals surface area (Å²) in [5.74, 6) is 0.166. The van der Waals surface area contributed by atoms with Gasteiger partial charge in [0.2, 0.25) is 5.88 Å². The maximum Gasteiger partial charge on any atom is 0.310 e. The quantitative estimate of drug-likeness (QED) is 0.647. The average Bonchev–Trinajstić information content (AvgIpc) is 2.18. The summed E-state index contributed by atoms with van der Waals surface area (Å²) >= 11 is 0. The molecule has 1 rings (SSSR count). The summed E-state index contributed by atoms with van der Waals surface area (Å²) < 4.78 is 9.50. The zero-order valence-electron chi connectivity index (χ0n) is 7.61. The number of methoxy groups -OCH3 is 2. The van der Waals surface area contributed by atoms with Crippen LogP contribution >= 0.6 is 0 Å². The summed E-state index contributed by atoms with van der Waals surface area (Å²) in [7, 11) is 2.87. The third kappa shape index (κ3) is 2.43. The second kappa shape index (κ2) is 4.45. The predicted molar refractivity (Wildman–Crippen MR) is 46.5 cm³/mol. The van der Waals surface area contributed by atoms with Crippen LogP contribution in [-0.4, -0.2) is 25.2 Å².